The van der Waals surface area contributed by atoms with Gasteiger partial charge in [-0.3, -0.25) is 9.52 Å². The summed E-state index contributed by atoms with van der Waals surface area (Å²) in [5.41, 5.74) is 1.000. The molecule has 0 saturated carbocycles. The lowest BCUT2D eigenvalue weighted by Gasteiger charge is -2.10. The Morgan fingerprint density at radius 3 is 2.17 bits per heavy atom. The fraction of sp³-hybridized carbons (Fsp3) is 0.136. The number of sulfonamides is 1. The minimum atomic E-state index is -3.71. The Bertz CT molecular complexity index is 1070. The van der Waals surface area contributed by atoms with Gasteiger partial charge in [-0.25, -0.2) is 8.42 Å². The summed E-state index contributed by atoms with van der Waals surface area (Å²) in [7, 11) is -3.71. The Kier molecular flexibility index (Phi) is 7.48. The largest absolute Gasteiger partial charge is 0.494 e. The highest BCUT2D eigenvalue weighted by molar-refractivity contribution is 9.10. The van der Waals surface area contributed by atoms with Gasteiger partial charge in [-0.05, 0) is 67.1 Å². The van der Waals surface area contributed by atoms with Crippen molar-refractivity contribution in [2.75, 3.05) is 16.6 Å². The summed E-state index contributed by atoms with van der Waals surface area (Å²) in [5, 5.41) is 2.76. The summed E-state index contributed by atoms with van der Waals surface area (Å²) in [4.78, 5) is 12.2. The van der Waals surface area contributed by atoms with Crippen LogP contribution in [0.2, 0.25) is 0 Å². The highest BCUT2D eigenvalue weighted by atomic mass is 79.9. The summed E-state index contributed by atoms with van der Waals surface area (Å²) >= 11 is 3.31. The third kappa shape index (κ3) is 6.60. The summed E-state index contributed by atoms with van der Waals surface area (Å²) in [6, 6.07) is 22.3. The molecule has 156 valence electrons. The average molecular weight is 489 g/mol. The van der Waals surface area contributed by atoms with Gasteiger partial charge in [0.1, 0.15) is 5.75 Å². The van der Waals surface area contributed by atoms with Crippen LogP contribution >= 0.6 is 15.9 Å². The molecule has 0 bridgehead atoms. The molecule has 0 spiro atoms. The van der Waals surface area contributed by atoms with Crippen molar-refractivity contribution >= 4 is 43.2 Å². The lowest BCUT2D eigenvalue weighted by molar-refractivity contribution is -0.116. The van der Waals surface area contributed by atoms with Gasteiger partial charge in [0, 0.05) is 22.3 Å². The van der Waals surface area contributed by atoms with E-state index in [1.54, 1.807) is 36.4 Å². The molecule has 30 heavy (non-hydrogen) atoms. The number of para-hydroxylation sites is 1. The third-order valence-corrected chi connectivity index (χ3v) is 6.03. The molecule has 6 nitrogen and oxygen atoms in total. The van der Waals surface area contributed by atoms with Gasteiger partial charge in [-0.15, -0.1) is 0 Å². The fourth-order valence-electron chi connectivity index (χ4n) is 2.61. The molecule has 2 N–H and O–H groups in total. The standard InChI is InChI=1S/C22H21BrN2O4S/c23-17-8-10-19(11-9-17)25-30(27,28)21-14-12-18(13-15-21)24-22(26)7-4-16-29-20-5-2-1-3-6-20/h1-3,5-6,8-15,25H,4,7,16H2,(H,24,26). The maximum atomic E-state index is 12.5. The molecule has 0 fully saturated rings. The first-order chi connectivity index (χ1) is 14.4. The van der Waals surface area contributed by atoms with E-state index in [1.165, 1.54) is 12.1 Å². The number of carbonyl (C=O) groups is 1. The van der Waals surface area contributed by atoms with Crippen molar-refractivity contribution in [3.8, 4) is 5.75 Å². The van der Waals surface area contributed by atoms with Crippen molar-refractivity contribution in [2.24, 2.45) is 0 Å². The Hall–Kier alpha value is -2.84. The van der Waals surface area contributed by atoms with E-state index in [0.29, 0.717) is 30.8 Å². The molecule has 0 aliphatic heterocycles. The summed E-state index contributed by atoms with van der Waals surface area (Å²) in [6.45, 7) is 0.441. The lowest BCUT2D eigenvalue weighted by atomic mass is 10.2. The maximum Gasteiger partial charge on any atom is 0.261 e. The minimum absolute atomic E-state index is 0.111. The van der Waals surface area contributed by atoms with E-state index in [0.717, 1.165) is 10.2 Å². The fourth-order valence-corrected chi connectivity index (χ4v) is 3.94. The van der Waals surface area contributed by atoms with E-state index in [-0.39, 0.29) is 10.8 Å². The zero-order valence-electron chi connectivity index (χ0n) is 16.0. The van der Waals surface area contributed by atoms with E-state index in [4.69, 9.17) is 4.74 Å². The van der Waals surface area contributed by atoms with Crippen molar-refractivity contribution in [3.63, 3.8) is 0 Å². The molecule has 0 aromatic heterocycles. The number of rotatable bonds is 9. The normalized spacial score (nSPS) is 11.0. The van der Waals surface area contributed by atoms with Crippen LogP contribution in [0.3, 0.4) is 0 Å². The average Bonchev–Trinajstić information content (AvgIpc) is 2.74. The van der Waals surface area contributed by atoms with Crippen molar-refractivity contribution in [1.82, 2.24) is 0 Å². The molecule has 0 unspecified atom stereocenters. The quantitative estimate of drug-likeness (QED) is 0.412. The van der Waals surface area contributed by atoms with Crippen LogP contribution in [-0.2, 0) is 14.8 Å². The predicted octanol–water partition coefficient (Wildman–Crippen LogP) is 5.05. The van der Waals surface area contributed by atoms with Gasteiger partial charge in [-0.1, -0.05) is 34.1 Å². The number of carbonyl (C=O) groups excluding carboxylic acids is 1. The van der Waals surface area contributed by atoms with Gasteiger partial charge >= 0.3 is 0 Å². The van der Waals surface area contributed by atoms with Crippen molar-refractivity contribution in [1.29, 1.82) is 0 Å². The number of amides is 1. The highest BCUT2D eigenvalue weighted by Gasteiger charge is 2.14. The van der Waals surface area contributed by atoms with Gasteiger partial charge in [-0.2, -0.15) is 0 Å². The molecule has 3 aromatic carbocycles. The Morgan fingerprint density at radius 1 is 0.867 bits per heavy atom. The third-order valence-electron chi connectivity index (χ3n) is 4.10. The summed E-state index contributed by atoms with van der Waals surface area (Å²) in [5.74, 6) is 0.613. The minimum Gasteiger partial charge on any atom is -0.494 e. The monoisotopic (exact) mass is 488 g/mol. The summed E-state index contributed by atoms with van der Waals surface area (Å²) in [6.07, 6.45) is 0.877. The van der Waals surface area contributed by atoms with Crippen LogP contribution in [0.5, 0.6) is 5.75 Å². The van der Waals surface area contributed by atoms with E-state index in [9.17, 15) is 13.2 Å². The van der Waals surface area contributed by atoms with E-state index in [2.05, 4.69) is 26.0 Å². The number of halogens is 1. The molecule has 3 rings (SSSR count). The first-order valence-electron chi connectivity index (χ1n) is 9.28. The Labute approximate surface area is 184 Å². The van der Waals surface area contributed by atoms with E-state index >= 15 is 0 Å². The highest BCUT2D eigenvalue weighted by Crippen LogP contribution is 2.20. The molecule has 0 radical (unpaired) electrons. The van der Waals surface area contributed by atoms with Crippen molar-refractivity contribution in [3.05, 3.63) is 83.3 Å². The molecule has 0 aliphatic rings. The second kappa shape index (κ2) is 10.3. The van der Waals surface area contributed by atoms with Gasteiger partial charge in [0.15, 0.2) is 0 Å². The molecule has 0 saturated heterocycles. The van der Waals surface area contributed by atoms with Crippen LogP contribution in [0.15, 0.2) is 88.2 Å². The smallest absolute Gasteiger partial charge is 0.261 e. The van der Waals surface area contributed by atoms with Crippen LogP contribution in [-0.4, -0.2) is 20.9 Å². The van der Waals surface area contributed by atoms with Gasteiger partial charge < -0.3 is 10.1 Å². The molecule has 8 heteroatoms. The SMILES string of the molecule is O=C(CCCOc1ccccc1)Nc1ccc(S(=O)(=O)Nc2ccc(Br)cc2)cc1. The maximum absolute atomic E-state index is 12.5. The van der Waals surface area contributed by atoms with E-state index in [1.807, 2.05) is 30.3 Å². The Morgan fingerprint density at radius 2 is 1.50 bits per heavy atom. The molecule has 0 heterocycles. The molecule has 3 aromatic rings. The first-order valence-corrected chi connectivity index (χ1v) is 11.6. The Balaban J connectivity index is 1.48. The topological polar surface area (TPSA) is 84.5 Å². The second-order valence-electron chi connectivity index (χ2n) is 6.45. The van der Waals surface area contributed by atoms with Crippen molar-refractivity contribution in [2.45, 2.75) is 17.7 Å². The van der Waals surface area contributed by atoms with Crippen LogP contribution in [0.25, 0.3) is 0 Å². The lowest BCUT2D eigenvalue weighted by Crippen LogP contribution is -2.14. The van der Waals surface area contributed by atoms with Gasteiger partial charge in [0.2, 0.25) is 5.91 Å². The molecule has 0 atom stereocenters. The van der Waals surface area contributed by atoms with Crippen molar-refractivity contribution < 1.29 is 17.9 Å². The van der Waals surface area contributed by atoms with E-state index < -0.39 is 10.0 Å². The second-order valence-corrected chi connectivity index (χ2v) is 9.05. The van der Waals surface area contributed by atoms with Crippen LogP contribution in [0, 0.1) is 0 Å². The number of nitrogens with one attached hydrogen (secondary N) is 2. The zero-order valence-corrected chi connectivity index (χ0v) is 18.4. The van der Waals surface area contributed by atoms with Gasteiger partial charge in [0.05, 0.1) is 11.5 Å². The molecule has 1 amide bonds. The molecule has 0 aliphatic carbocycles. The van der Waals surface area contributed by atoms with Crippen LogP contribution in [0.4, 0.5) is 11.4 Å². The number of anilines is 2. The number of hydrogen-bond donors (Lipinski definition) is 2. The zero-order chi connectivity index (χ0) is 21.4. The number of ether oxygens (including phenoxy) is 1. The van der Waals surface area contributed by atoms with Crippen LogP contribution < -0.4 is 14.8 Å². The van der Waals surface area contributed by atoms with Gasteiger partial charge in [0.25, 0.3) is 10.0 Å². The number of benzene rings is 3. The number of hydrogen-bond acceptors (Lipinski definition) is 4. The predicted molar refractivity (Wildman–Crippen MR) is 121 cm³/mol. The van der Waals surface area contributed by atoms with Crippen LogP contribution in [0.1, 0.15) is 12.8 Å². The first kappa shape index (κ1) is 21.9. The summed E-state index contributed by atoms with van der Waals surface area (Å²) < 4.78 is 33.9. The molecular weight excluding hydrogens is 468 g/mol. The molecular formula is C22H21BrN2O4S.